The molecule has 1 saturated heterocycles. The molecule has 1 fully saturated rings. The number of carbonyl (C=O) groups excluding carboxylic acids is 1. The van der Waals surface area contributed by atoms with Gasteiger partial charge < -0.3 is 9.64 Å². The summed E-state index contributed by atoms with van der Waals surface area (Å²) >= 11 is 0. The first kappa shape index (κ1) is 16.7. The van der Waals surface area contributed by atoms with E-state index in [-0.39, 0.29) is 23.4 Å². The monoisotopic (exact) mass is 325 g/mol. The Kier molecular flexibility index (Phi) is 4.42. The molecule has 0 unspecified atom stereocenters. The van der Waals surface area contributed by atoms with E-state index in [1.165, 1.54) is 0 Å². The number of rotatable bonds is 3. The fourth-order valence-electron chi connectivity index (χ4n) is 3.46. The molecule has 2 aliphatic rings. The van der Waals surface area contributed by atoms with Gasteiger partial charge in [-0.2, -0.15) is 5.26 Å². The number of likely N-dealkylation sites (tertiary alicyclic amines) is 1. The number of Topliss-reactive ketones (excluding diaryl/α,β-unsaturated/α-hetero) is 1. The lowest BCUT2D eigenvalue weighted by molar-refractivity contribution is -0.114. The van der Waals surface area contributed by atoms with Crippen molar-refractivity contribution >= 4 is 11.5 Å². The lowest BCUT2D eigenvalue weighted by Gasteiger charge is -2.41. The minimum atomic E-state index is -0.127. The molecule has 24 heavy (non-hydrogen) atoms. The van der Waals surface area contributed by atoms with Crippen LogP contribution in [-0.4, -0.2) is 41.5 Å². The highest BCUT2D eigenvalue weighted by atomic mass is 16.5. The van der Waals surface area contributed by atoms with Crippen LogP contribution in [0.1, 0.15) is 43.5 Å². The standard InChI is InChI=1S/C19H23N3O2/c1-4-14-10-15-13(12-21-14)9-17(23)16(11-20)18(15)22-7-5-19(2,24-3)6-8-22/h10,12H,4-9H2,1-3H3. The number of piperidine rings is 1. The predicted molar refractivity (Wildman–Crippen MR) is 91.1 cm³/mol. The molecule has 1 aliphatic heterocycles. The van der Waals surface area contributed by atoms with Crippen LogP contribution in [0.2, 0.25) is 0 Å². The number of nitriles is 1. The van der Waals surface area contributed by atoms with Gasteiger partial charge in [-0.3, -0.25) is 9.78 Å². The minimum absolute atomic E-state index is 0.105. The van der Waals surface area contributed by atoms with Gasteiger partial charge in [-0.15, -0.1) is 0 Å². The second-order valence-electron chi connectivity index (χ2n) is 6.76. The molecule has 3 rings (SSSR count). The van der Waals surface area contributed by atoms with Crippen molar-refractivity contribution in [2.45, 2.75) is 45.1 Å². The number of allylic oxidation sites excluding steroid dienone is 1. The van der Waals surface area contributed by atoms with Crippen molar-refractivity contribution in [2.24, 2.45) is 0 Å². The number of carbonyl (C=O) groups is 1. The maximum atomic E-state index is 12.4. The molecule has 0 amide bonds. The number of pyridine rings is 1. The smallest absolute Gasteiger partial charge is 0.179 e. The fraction of sp³-hybridized carbons (Fsp3) is 0.526. The average molecular weight is 325 g/mol. The number of hydrogen-bond donors (Lipinski definition) is 0. The first-order chi connectivity index (χ1) is 11.5. The second-order valence-corrected chi connectivity index (χ2v) is 6.76. The third-order valence-corrected chi connectivity index (χ3v) is 5.27. The van der Waals surface area contributed by atoms with Crippen LogP contribution in [0.5, 0.6) is 0 Å². The van der Waals surface area contributed by atoms with Crippen molar-refractivity contribution in [3.8, 4) is 6.07 Å². The molecular formula is C19H23N3O2. The van der Waals surface area contributed by atoms with Crippen molar-refractivity contribution in [1.29, 1.82) is 5.26 Å². The van der Waals surface area contributed by atoms with Crippen LogP contribution in [0.25, 0.3) is 5.70 Å². The molecule has 0 saturated carbocycles. The topological polar surface area (TPSA) is 66.2 Å². The molecule has 2 heterocycles. The molecule has 1 aromatic heterocycles. The zero-order chi connectivity index (χ0) is 17.3. The molecule has 0 atom stereocenters. The molecule has 0 bridgehead atoms. The maximum absolute atomic E-state index is 12.4. The second kappa shape index (κ2) is 6.37. The van der Waals surface area contributed by atoms with Crippen LogP contribution in [0.4, 0.5) is 0 Å². The average Bonchev–Trinajstić information content (AvgIpc) is 2.61. The van der Waals surface area contributed by atoms with E-state index < -0.39 is 0 Å². The number of nitrogens with zero attached hydrogens (tertiary/aromatic N) is 3. The van der Waals surface area contributed by atoms with Crippen LogP contribution in [-0.2, 0) is 22.4 Å². The minimum Gasteiger partial charge on any atom is -0.378 e. The van der Waals surface area contributed by atoms with E-state index in [2.05, 4.69) is 29.8 Å². The Hall–Kier alpha value is -2.19. The SMILES string of the molecule is CCc1cc2c(cn1)CC(=O)C(C#N)=C2N1CCC(C)(OC)CC1. The molecule has 5 nitrogen and oxygen atoms in total. The van der Waals surface area contributed by atoms with E-state index in [0.29, 0.717) is 0 Å². The fourth-order valence-corrected chi connectivity index (χ4v) is 3.46. The van der Waals surface area contributed by atoms with Gasteiger partial charge >= 0.3 is 0 Å². The van der Waals surface area contributed by atoms with Crippen molar-refractivity contribution in [3.05, 3.63) is 34.7 Å². The van der Waals surface area contributed by atoms with Crippen LogP contribution in [0.15, 0.2) is 17.8 Å². The van der Waals surface area contributed by atoms with E-state index in [0.717, 1.165) is 54.9 Å². The molecule has 126 valence electrons. The molecule has 0 aromatic carbocycles. The zero-order valence-corrected chi connectivity index (χ0v) is 14.6. The van der Waals surface area contributed by atoms with Gasteiger partial charge in [0.1, 0.15) is 11.6 Å². The number of aryl methyl sites for hydroxylation is 1. The summed E-state index contributed by atoms with van der Waals surface area (Å²) in [5.74, 6) is -0.105. The Balaban J connectivity index is 2.04. The molecule has 1 aliphatic carbocycles. The summed E-state index contributed by atoms with van der Waals surface area (Å²) in [6, 6.07) is 4.19. The lowest BCUT2D eigenvalue weighted by Crippen LogP contribution is -2.43. The highest BCUT2D eigenvalue weighted by molar-refractivity contribution is 6.09. The van der Waals surface area contributed by atoms with Gasteiger partial charge in [0.05, 0.1) is 11.3 Å². The summed E-state index contributed by atoms with van der Waals surface area (Å²) in [7, 11) is 1.74. The molecule has 5 heteroatoms. The first-order valence-electron chi connectivity index (χ1n) is 8.47. The van der Waals surface area contributed by atoms with E-state index in [4.69, 9.17) is 4.74 Å². The Morgan fingerprint density at radius 3 is 2.71 bits per heavy atom. The zero-order valence-electron chi connectivity index (χ0n) is 14.6. The number of hydrogen-bond acceptors (Lipinski definition) is 5. The van der Waals surface area contributed by atoms with Crippen LogP contribution in [0, 0.1) is 11.3 Å². The van der Waals surface area contributed by atoms with Gasteiger partial charge in [0.25, 0.3) is 0 Å². The summed E-state index contributed by atoms with van der Waals surface area (Å²) < 4.78 is 5.61. The summed E-state index contributed by atoms with van der Waals surface area (Å²) in [5, 5.41) is 9.57. The molecule has 1 aromatic rings. The lowest BCUT2D eigenvalue weighted by atomic mass is 9.86. The number of fused-ring (bicyclic) bond motifs is 1. The Morgan fingerprint density at radius 1 is 1.42 bits per heavy atom. The molecule has 0 radical (unpaired) electrons. The quantitative estimate of drug-likeness (QED) is 0.854. The van der Waals surface area contributed by atoms with Gasteiger partial charge in [0.2, 0.25) is 0 Å². The van der Waals surface area contributed by atoms with Gasteiger partial charge in [-0.1, -0.05) is 6.92 Å². The predicted octanol–water partition coefficient (Wildman–Crippen LogP) is 2.50. The summed E-state index contributed by atoms with van der Waals surface area (Å²) in [6.07, 6.45) is 4.64. The highest BCUT2D eigenvalue weighted by Crippen LogP contribution is 2.36. The Bertz CT molecular complexity index is 737. The van der Waals surface area contributed by atoms with Crippen molar-refractivity contribution in [2.75, 3.05) is 20.2 Å². The molecule has 0 spiro atoms. The third kappa shape index (κ3) is 2.83. The van der Waals surface area contributed by atoms with Gasteiger partial charge in [-0.05, 0) is 37.8 Å². The Labute approximate surface area is 142 Å². The number of aromatic nitrogens is 1. The van der Waals surface area contributed by atoms with Crippen molar-refractivity contribution < 1.29 is 9.53 Å². The van der Waals surface area contributed by atoms with E-state index in [9.17, 15) is 10.1 Å². The van der Waals surface area contributed by atoms with E-state index in [1.54, 1.807) is 13.3 Å². The highest BCUT2D eigenvalue weighted by Gasteiger charge is 2.35. The van der Waals surface area contributed by atoms with Crippen LogP contribution < -0.4 is 0 Å². The number of ether oxygens (including phenoxy) is 1. The Morgan fingerprint density at radius 2 is 2.12 bits per heavy atom. The van der Waals surface area contributed by atoms with Crippen molar-refractivity contribution in [3.63, 3.8) is 0 Å². The third-order valence-electron chi connectivity index (χ3n) is 5.27. The molecule has 0 N–H and O–H groups in total. The van der Waals surface area contributed by atoms with Gasteiger partial charge in [-0.25, -0.2) is 0 Å². The van der Waals surface area contributed by atoms with E-state index >= 15 is 0 Å². The van der Waals surface area contributed by atoms with Crippen LogP contribution >= 0.6 is 0 Å². The van der Waals surface area contributed by atoms with Crippen LogP contribution in [0.3, 0.4) is 0 Å². The summed E-state index contributed by atoms with van der Waals surface area (Å²) in [4.78, 5) is 19.0. The normalized spacial score (nSPS) is 19.9. The largest absolute Gasteiger partial charge is 0.378 e. The molecular weight excluding hydrogens is 302 g/mol. The maximum Gasteiger partial charge on any atom is 0.179 e. The number of methoxy groups -OCH3 is 1. The summed E-state index contributed by atoms with van der Waals surface area (Å²) in [6.45, 7) is 5.73. The van der Waals surface area contributed by atoms with Gasteiger partial charge in [0, 0.05) is 44.1 Å². The van der Waals surface area contributed by atoms with Gasteiger partial charge in [0.15, 0.2) is 5.78 Å². The van der Waals surface area contributed by atoms with E-state index in [1.807, 2.05) is 6.07 Å². The summed E-state index contributed by atoms with van der Waals surface area (Å²) in [5.41, 5.74) is 3.86. The first-order valence-corrected chi connectivity index (χ1v) is 8.47. The van der Waals surface area contributed by atoms with Crippen molar-refractivity contribution in [1.82, 2.24) is 9.88 Å². The number of ketones is 1.